The molecule has 2 aromatic heterocycles. The number of rotatable bonds is 3. The Hall–Kier alpha value is 0.0300. The van der Waals surface area contributed by atoms with Gasteiger partial charge >= 0.3 is 0 Å². The van der Waals surface area contributed by atoms with Crippen molar-refractivity contribution in [2.45, 2.75) is 6.42 Å². The molecule has 0 radical (unpaired) electrons. The van der Waals surface area contributed by atoms with Gasteiger partial charge in [0, 0.05) is 26.7 Å². The minimum absolute atomic E-state index is 0.164. The van der Waals surface area contributed by atoms with Crippen LogP contribution in [0.25, 0.3) is 0 Å². The van der Waals surface area contributed by atoms with Crippen molar-refractivity contribution in [1.82, 2.24) is 0 Å². The molecule has 15 heavy (non-hydrogen) atoms. The Morgan fingerprint density at radius 2 is 2.13 bits per heavy atom. The summed E-state index contributed by atoms with van der Waals surface area (Å²) in [6.45, 7) is 0. The third-order valence-electron chi connectivity index (χ3n) is 1.87. The van der Waals surface area contributed by atoms with Crippen LogP contribution in [-0.4, -0.2) is 5.78 Å². The van der Waals surface area contributed by atoms with Crippen LogP contribution < -0.4 is 0 Å². The van der Waals surface area contributed by atoms with Gasteiger partial charge in [0.1, 0.15) is 0 Å². The van der Waals surface area contributed by atoms with Crippen molar-refractivity contribution in [3.63, 3.8) is 0 Å². The van der Waals surface area contributed by atoms with Crippen molar-refractivity contribution in [2.75, 3.05) is 0 Å². The van der Waals surface area contributed by atoms with Crippen molar-refractivity contribution in [2.24, 2.45) is 0 Å². The second-order valence-corrected chi connectivity index (χ2v) is 7.08. The first-order valence-corrected chi connectivity index (χ1v) is 7.50. The van der Waals surface area contributed by atoms with Gasteiger partial charge < -0.3 is 0 Å². The number of hydrogen-bond acceptors (Lipinski definition) is 3. The molecule has 1 nitrogen and oxygen atoms in total. The van der Waals surface area contributed by atoms with Gasteiger partial charge in [-0.05, 0) is 49.4 Å². The lowest BCUT2D eigenvalue weighted by molar-refractivity contribution is 0.0993. The van der Waals surface area contributed by atoms with E-state index >= 15 is 0 Å². The number of hydrogen-bond donors (Lipinski definition) is 0. The van der Waals surface area contributed by atoms with E-state index < -0.39 is 0 Å². The molecule has 0 atom stereocenters. The Balaban J connectivity index is 2.14. The van der Waals surface area contributed by atoms with Gasteiger partial charge in [0.05, 0.1) is 3.79 Å². The molecule has 0 amide bonds. The van der Waals surface area contributed by atoms with Gasteiger partial charge in [-0.15, -0.1) is 22.7 Å². The van der Waals surface area contributed by atoms with E-state index in [0.29, 0.717) is 6.42 Å². The molecular formula is C10H6Br2OS2. The Labute approximate surface area is 112 Å². The summed E-state index contributed by atoms with van der Waals surface area (Å²) >= 11 is 9.89. The predicted molar refractivity (Wildman–Crippen MR) is 72.1 cm³/mol. The Morgan fingerprint density at radius 3 is 2.67 bits per heavy atom. The van der Waals surface area contributed by atoms with Crippen molar-refractivity contribution in [3.05, 3.63) is 41.6 Å². The van der Waals surface area contributed by atoms with Crippen LogP contribution in [0.5, 0.6) is 0 Å². The largest absolute Gasteiger partial charge is 0.294 e. The van der Waals surface area contributed by atoms with Crippen LogP contribution in [0.3, 0.4) is 0 Å². The third-order valence-corrected chi connectivity index (χ3v) is 5.26. The van der Waals surface area contributed by atoms with Crippen molar-refractivity contribution < 1.29 is 4.79 Å². The Bertz CT molecular complexity index is 487. The zero-order valence-corrected chi connectivity index (χ0v) is 12.3. The third kappa shape index (κ3) is 2.78. The summed E-state index contributed by atoms with van der Waals surface area (Å²) in [5.41, 5.74) is 0.782. The van der Waals surface area contributed by atoms with Gasteiger partial charge in [-0.2, -0.15) is 0 Å². The fourth-order valence-corrected chi connectivity index (χ4v) is 3.95. The smallest absolute Gasteiger partial charge is 0.170 e. The summed E-state index contributed by atoms with van der Waals surface area (Å²) in [5.74, 6) is 0.164. The Morgan fingerprint density at radius 1 is 1.33 bits per heavy atom. The van der Waals surface area contributed by atoms with E-state index in [1.807, 2.05) is 22.9 Å². The lowest BCUT2D eigenvalue weighted by Crippen LogP contribution is -2.00. The summed E-state index contributed by atoms with van der Waals surface area (Å²) in [4.78, 5) is 13.0. The van der Waals surface area contributed by atoms with Crippen LogP contribution in [-0.2, 0) is 6.42 Å². The number of thiophene rings is 2. The topological polar surface area (TPSA) is 17.1 Å². The molecule has 0 unspecified atom stereocenters. The second-order valence-electron chi connectivity index (χ2n) is 2.94. The number of ketones is 1. The molecule has 0 aliphatic rings. The van der Waals surface area contributed by atoms with E-state index in [1.54, 1.807) is 11.3 Å². The van der Waals surface area contributed by atoms with Crippen molar-refractivity contribution >= 4 is 60.3 Å². The van der Waals surface area contributed by atoms with Crippen LogP contribution >= 0.6 is 54.5 Å². The highest BCUT2D eigenvalue weighted by Gasteiger charge is 2.12. The predicted octanol–water partition coefficient (Wildman–Crippen LogP) is 4.76. The molecule has 2 rings (SSSR count). The lowest BCUT2D eigenvalue weighted by Gasteiger charge is -1.96. The molecule has 0 saturated carbocycles. The van der Waals surface area contributed by atoms with E-state index in [1.165, 1.54) is 11.3 Å². The highest BCUT2D eigenvalue weighted by molar-refractivity contribution is 9.11. The quantitative estimate of drug-likeness (QED) is 0.716. The maximum Gasteiger partial charge on any atom is 0.170 e. The SMILES string of the molecule is O=C(Cc1cc(Br)cs1)c1ccsc1Br. The minimum Gasteiger partial charge on any atom is -0.294 e. The molecule has 0 aromatic carbocycles. The maximum absolute atomic E-state index is 11.9. The Kier molecular flexibility index (Phi) is 3.77. The van der Waals surface area contributed by atoms with Crippen LogP contribution in [0, 0.1) is 0 Å². The van der Waals surface area contributed by atoms with Gasteiger partial charge in [0.2, 0.25) is 0 Å². The number of carbonyl (C=O) groups is 1. The molecule has 2 heterocycles. The highest BCUT2D eigenvalue weighted by atomic mass is 79.9. The second kappa shape index (κ2) is 4.91. The molecule has 0 fully saturated rings. The number of halogens is 2. The highest BCUT2D eigenvalue weighted by Crippen LogP contribution is 2.26. The van der Waals surface area contributed by atoms with E-state index in [4.69, 9.17) is 0 Å². The van der Waals surface area contributed by atoms with Crippen molar-refractivity contribution in [3.8, 4) is 0 Å². The molecule has 0 aliphatic heterocycles. The van der Waals surface area contributed by atoms with Crippen LogP contribution in [0.2, 0.25) is 0 Å². The standard InChI is InChI=1S/C10H6Br2OS2/c11-6-3-7(15-5-6)4-9(13)8-1-2-14-10(8)12/h1-3,5H,4H2. The first-order chi connectivity index (χ1) is 7.16. The van der Waals surface area contributed by atoms with Crippen molar-refractivity contribution in [1.29, 1.82) is 0 Å². The zero-order chi connectivity index (χ0) is 10.8. The van der Waals surface area contributed by atoms with Gasteiger partial charge in [-0.25, -0.2) is 0 Å². The minimum atomic E-state index is 0.164. The molecule has 0 spiro atoms. The maximum atomic E-state index is 11.9. The molecule has 0 N–H and O–H groups in total. The normalized spacial score (nSPS) is 10.5. The summed E-state index contributed by atoms with van der Waals surface area (Å²) in [5, 5.41) is 3.91. The average Bonchev–Trinajstić information content (AvgIpc) is 2.75. The van der Waals surface area contributed by atoms with Gasteiger partial charge in [-0.3, -0.25) is 4.79 Å². The molecule has 0 bridgehead atoms. The van der Waals surface area contributed by atoms with E-state index in [-0.39, 0.29) is 5.78 Å². The first kappa shape index (κ1) is 11.5. The summed E-state index contributed by atoms with van der Waals surface area (Å²) < 4.78 is 1.96. The molecule has 5 heteroatoms. The van der Waals surface area contributed by atoms with Gasteiger partial charge in [0.15, 0.2) is 5.78 Å². The summed E-state index contributed by atoms with van der Waals surface area (Å²) in [6, 6.07) is 3.85. The van der Waals surface area contributed by atoms with E-state index in [0.717, 1.165) is 18.7 Å². The molecule has 2 aromatic rings. The van der Waals surface area contributed by atoms with Crippen LogP contribution in [0.4, 0.5) is 0 Å². The monoisotopic (exact) mass is 364 g/mol. The molecule has 0 saturated heterocycles. The lowest BCUT2D eigenvalue weighted by atomic mass is 10.1. The fourth-order valence-electron chi connectivity index (χ4n) is 1.19. The van der Waals surface area contributed by atoms with E-state index in [2.05, 4.69) is 31.9 Å². The van der Waals surface area contributed by atoms with E-state index in [9.17, 15) is 4.79 Å². The average molecular weight is 366 g/mol. The first-order valence-electron chi connectivity index (χ1n) is 4.16. The van der Waals surface area contributed by atoms with Gasteiger partial charge in [-0.1, -0.05) is 0 Å². The van der Waals surface area contributed by atoms with Gasteiger partial charge in [0.25, 0.3) is 0 Å². The summed E-state index contributed by atoms with van der Waals surface area (Å²) in [6.07, 6.45) is 0.478. The van der Waals surface area contributed by atoms with Crippen LogP contribution in [0.1, 0.15) is 15.2 Å². The summed E-state index contributed by atoms with van der Waals surface area (Å²) in [7, 11) is 0. The van der Waals surface area contributed by atoms with Crippen LogP contribution in [0.15, 0.2) is 31.2 Å². The number of Topliss-reactive ketones (excluding diaryl/α,β-unsaturated/α-hetero) is 1. The fraction of sp³-hybridized carbons (Fsp3) is 0.100. The zero-order valence-electron chi connectivity index (χ0n) is 7.50. The molecular weight excluding hydrogens is 360 g/mol. The molecule has 0 aliphatic carbocycles. The molecule has 78 valence electrons. The number of carbonyl (C=O) groups excluding carboxylic acids is 1.